The molecule has 86 valence electrons. The highest BCUT2D eigenvalue weighted by Gasteiger charge is 2.32. The number of rotatable bonds is 2. The predicted molar refractivity (Wildman–Crippen MR) is 59.6 cm³/mol. The number of piperazine rings is 2. The van der Waals surface area contributed by atoms with E-state index in [1.54, 1.807) is 0 Å². The quantitative estimate of drug-likeness (QED) is 0.684. The highest BCUT2D eigenvalue weighted by molar-refractivity contribution is 5.79. The molecule has 0 aromatic rings. The number of hydrogen-bond donors (Lipinski definition) is 1. The van der Waals surface area contributed by atoms with Crippen LogP contribution in [0.4, 0.5) is 0 Å². The molecule has 0 aliphatic carbocycles. The molecule has 15 heavy (non-hydrogen) atoms. The second-order valence-electron chi connectivity index (χ2n) is 5.03. The van der Waals surface area contributed by atoms with Crippen LogP contribution < -0.4 is 5.32 Å². The van der Waals surface area contributed by atoms with Crippen molar-refractivity contribution in [2.45, 2.75) is 19.9 Å². The van der Waals surface area contributed by atoms with Crippen LogP contribution in [-0.2, 0) is 4.79 Å². The number of hydrogen-bond acceptors (Lipinski definition) is 3. The van der Waals surface area contributed by atoms with E-state index in [0.29, 0.717) is 18.5 Å². The summed E-state index contributed by atoms with van der Waals surface area (Å²) in [4.78, 5) is 16.1. The molecule has 0 aromatic carbocycles. The maximum atomic E-state index is 11.6. The molecule has 2 saturated heterocycles. The van der Waals surface area contributed by atoms with Crippen LogP contribution in [0.1, 0.15) is 13.8 Å². The number of nitrogens with one attached hydrogen (secondary N) is 1. The zero-order valence-electron chi connectivity index (χ0n) is 9.70. The van der Waals surface area contributed by atoms with E-state index in [9.17, 15) is 4.79 Å². The summed E-state index contributed by atoms with van der Waals surface area (Å²) in [6.45, 7) is 10.1. The van der Waals surface area contributed by atoms with Gasteiger partial charge in [0.2, 0.25) is 5.91 Å². The molecule has 4 nitrogen and oxygen atoms in total. The molecule has 2 aliphatic heterocycles. The van der Waals surface area contributed by atoms with Crippen LogP contribution in [0.15, 0.2) is 0 Å². The van der Waals surface area contributed by atoms with Crippen molar-refractivity contribution < 1.29 is 4.79 Å². The Balaban J connectivity index is 1.91. The average Bonchev–Trinajstić information content (AvgIpc) is 2.17. The molecule has 1 amide bonds. The summed E-state index contributed by atoms with van der Waals surface area (Å²) in [7, 11) is 0. The summed E-state index contributed by atoms with van der Waals surface area (Å²) in [5.41, 5.74) is 0. The van der Waals surface area contributed by atoms with Gasteiger partial charge in [-0.05, 0) is 5.92 Å². The highest BCUT2D eigenvalue weighted by Crippen LogP contribution is 2.13. The van der Waals surface area contributed by atoms with Gasteiger partial charge in [-0.25, -0.2) is 0 Å². The molecule has 2 fully saturated rings. The van der Waals surface area contributed by atoms with Gasteiger partial charge in [0.15, 0.2) is 0 Å². The Labute approximate surface area is 91.6 Å². The van der Waals surface area contributed by atoms with Crippen LogP contribution in [-0.4, -0.2) is 61.0 Å². The molecule has 1 N–H and O–H groups in total. The smallest absolute Gasteiger partial charge is 0.236 e. The van der Waals surface area contributed by atoms with Crippen LogP contribution in [0, 0.1) is 5.92 Å². The largest absolute Gasteiger partial charge is 0.335 e. The molecule has 0 saturated carbocycles. The van der Waals surface area contributed by atoms with Crippen LogP contribution in [0.3, 0.4) is 0 Å². The Hall–Kier alpha value is -0.610. The topological polar surface area (TPSA) is 35.6 Å². The second kappa shape index (κ2) is 4.49. The van der Waals surface area contributed by atoms with Gasteiger partial charge in [0.1, 0.15) is 0 Å². The lowest BCUT2D eigenvalue weighted by Crippen LogP contribution is -2.63. The monoisotopic (exact) mass is 211 g/mol. The Morgan fingerprint density at radius 1 is 1.47 bits per heavy atom. The van der Waals surface area contributed by atoms with Gasteiger partial charge < -0.3 is 10.2 Å². The third-order valence-corrected chi connectivity index (χ3v) is 3.17. The minimum atomic E-state index is 0.274. The van der Waals surface area contributed by atoms with Gasteiger partial charge in [-0.15, -0.1) is 0 Å². The van der Waals surface area contributed by atoms with Crippen molar-refractivity contribution in [3.63, 3.8) is 0 Å². The molecule has 2 heterocycles. The molecular weight excluding hydrogens is 190 g/mol. The van der Waals surface area contributed by atoms with E-state index < -0.39 is 0 Å². The van der Waals surface area contributed by atoms with Crippen LogP contribution in [0.5, 0.6) is 0 Å². The first-order valence-corrected chi connectivity index (χ1v) is 5.89. The normalized spacial score (nSPS) is 28.3. The Bertz CT molecular complexity index is 242. The molecule has 4 heteroatoms. The maximum Gasteiger partial charge on any atom is 0.236 e. The average molecular weight is 211 g/mol. The number of fused-ring (bicyclic) bond motifs is 1. The number of amides is 1. The van der Waals surface area contributed by atoms with Gasteiger partial charge >= 0.3 is 0 Å². The Morgan fingerprint density at radius 3 is 3.00 bits per heavy atom. The van der Waals surface area contributed by atoms with E-state index in [-0.39, 0.29) is 5.91 Å². The van der Waals surface area contributed by atoms with Gasteiger partial charge in [0.05, 0.1) is 12.6 Å². The molecular formula is C11H21N3O. The molecule has 0 spiro atoms. The number of carbonyl (C=O) groups excluding carboxylic acids is 1. The standard InChI is InChI=1S/C11H21N3O/c1-9(2)7-13-3-4-14-10(8-13)5-12-6-11(14)15/h9-10,12H,3-8H2,1-2H3. The van der Waals surface area contributed by atoms with E-state index in [1.807, 2.05) is 4.90 Å². The lowest BCUT2D eigenvalue weighted by Gasteiger charge is -2.44. The SMILES string of the molecule is CC(C)CN1CCN2C(=O)CNCC2C1. The minimum Gasteiger partial charge on any atom is -0.335 e. The first-order valence-electron chi connectivity index (χ1n) is 5.89. The molecule has 2 rings (SSSR count). The first-order chi connectivity index (χ1) is 7.16. The summed E-state index contributed by atoms with van der Waals surface area (Å²) >= 11 is 0. The van der Waals surface area contributed by atoms with E-state index >= 15 is 0 Å². The zero-order chi connectivity index (χ0) is 10.8. The highest BCUT2D eigenvalue weighted by atomic mass is 16.2. The van der Waals surface area contributed by atoms with Crippen LogP contribution in [0.25, 0.3) is 0 Å². The minimum absolute atomic E-state index is 0.274. The van der Waals surface area contributed by atoms with Crippen molar-refractivity contribution in [3.05, 3.63) is 0 Å². The zero-order valence-corrected chi connectivity index (χ0v) is 9.70. The summed E-state index contributed by atoms with van der Waals surface area (Å²) < 4.78 is 0. The fraction of sp³-hybridized carbons (Fsp3) is 0.909. The van der Waals surface area contributed by atoms with Crippen molar-refractivity contribution in [1.29, 1.82) is 0 Å². The van der Waals surface area contributed by atoms with E-state index in [0.717, 1.165) is 32.7 Å². The lowest BCUT2D eigenvalue weighted by molar-refractivity contribution is -0.137. The molecule has 0 radical (unpaired) electrons. The van der Waals surface area contributed by atoms with Gasteiger partial charge in [-0.3, -0.25) is 9.69 Å². The third-order valence-electron chi connectivity index (χ3n) is 3.17. The van der Waals surface area contributed by atoms with Crippen molar-refractivity contribution in [3.8, 4) is 0 Å². The van der Waals surface area contributed by atoms with Gasteiger partial charge in [-0.1, -0.05) is 13.8 Å². The maximum absolute atomic E-state index is 11.6. The van der Waals surface area contributed by atoms with E-state index in [4.69, 9.17) is 0 Å². The van der Waals surface area contributed by atoms with Gasteiger partial charge in [-0.2, -0.15) is 0 Å². The fourth-order valence-electron chi connectivity index (χ4n) is 2.55. The summed E-state index contributed by atoms with van der Waals surface area (Å²) in [5.74, 6) is 0.985. The fourth-order valence-corrected chi connectivity index (χ4v) is 2.55. The number of carbonyl (C=O) groups is 1. The van der Waals surface area contributed by atoms with Crippen LogP contribution >= 0.6 is 0 Å². The summed E-state index contributed by atoms with van der Waals surface area (Å²) in [6, 6.07) is 0.402. The van der Waals surface area contributed by atoms with Crippen LogP contribution in [0.2, 0.25) is 0 Å². The van der Waals surface area contributed by atoms with Crippen molar-refractivity contribution in [2.75, 3.05) is 39.3 Å². The third kappa shape index (κ3) is 2.49. The summed E-state index contributed by atoms with van der Waals surface area (Å²) in [6.07, 6.45) is 0. The second-order valence-corrected chi connectivity index (χ2v) is 5.03. The van der Waals surface area contributed by atoms with Gasteiger partial charge in [0, 0.05) is 32.7 Å². The molecule has 1 atom stereocenters. The van der Waals surface area contributed by atoms with Gasteiger partial charge in [0.25, 0.3) is 0 Å². The predicted octanol–water partition coefficient (Wildman–Crippen LogP) is -0.242. The van der Waals surface area contributed by atoms with Crippen molar-refractivity contribution in [2.24, 2.45) is 5.92 Å². The van der Waals surface area contributed by atoms with E-state index in [2.05, 4.69) is 24.1 Å². The van der Waals surface area contributed by atoms with Crippen molar-refractivity contribution in [1.82, 2.24) is 15.1 Å². The molecule has 2 aliphatic rings. The number of nitrogens with zero attached hydrogens (tertiary/aromatic N) is 2. The molecule has 0 aromatic heterocycles. The molecule has 0 bridgehead atoms. The van der Waals surface area contributed by atoms with Crippen molar-refractivity contribution >= 4 is 5.91 Å². The Kier molecular flexibility index (Phi) is 3.26. The molecule has 1 unspecified atom stereocenters. The first kappa shape index (κ1) is 10.9. The van der Waals surface area contributed by atoms with E-state index in [1.165, 1.54) is 0 Å². The Morgan fingerprint density at radius 2 is 2.27 bits per heavy atom. The lowest BCUT2D eigenvalue weighted by atomic mass is 10.1. The summed E-state index contributed by atoms with van der Waals surface area (Å²) in [5, 5.41) is 3.19.